The van der Waals surface area contributed by atoms with Gasteiger partial charge in [0.15, 0.2) is 0 Å². The molecule has 0 saturated heterocycles. The molecule has 2 rings (SSSR count). The third kappa shape index (κ3) is 3.04. The van der Waals surface area contributed by atoms with Crippen molar-refractivity contribution in [2.45, 2.75) is 12.2 Å². The van der Waals surface area contributed by atoms with Gasteiger partial charge in [-0.3, -0.25) is 0 Å². The summed E-state index contributed by atoms with van der Waals surface area (Å²) in [5, 5.41) is 3.56. The van der Waals surface area contributed by atoms with Gasteiger partial charge >= 0.3 is 6.18 Å². The Bertz CT molecular complexity index is 496. The van der Waals surface area contributed by atoms with Crippen LogP contribution in [0.5, 0.6) is 0 Å². The first kappa shape index (κ1) is 15.0. The fourth-order valence-electron chi connectivity index (χ4n) is 1.66. The van der Waals surface area contributed by atoms with Crippen molar-refractivity contribution in [1.29, 1.82) is 0 Å². The molecule has 1 heterocycles. The van der Waals surface area contributed by atoms with Gasteiger partial charge in [-0.05, 0) is 34.0 Å². The summed E-state index contributed by atoms with van der Waals surface area (Å²) < 4.78 is 38.4. The van der Waals surface area contributed by atoms with Crippen LogP contribution in [0.25, 0.3) is 0 Å². The maximum atomic E-state index is 12.8. The lowest BCUT2D eigenvalue weighted by atomic mass is 9.97. The number of nitrogens with two attached hydrogens (primary N) is 1. The maximum absolute atomic E-state index is 12.8. The molecule has 0 aliphatic carbocycles. The standard InChI is InChI=1S/C12H10F3NS.ClH/c13-12(14,15)10-4-2-1-3-9(10)11(16)8-5-6-17-7-8;/h1-7,11H,16H2;1H/t11-;/m1./s1. The van der Waals surface area contributed by atoms with E-state index < -0.39 is 17.8 Å². The summed E-state index contributed by atoms with van der Waals surface area (Å²) in [6, 6.07) is 6.41. The Morgan fingerprint density at radius 1 is 1.11 bits per heavy atom. The van der Waals surface area contributed by atoms with E-state index in [1.165, 1.54) is 23.5 Å². The van der Waals surface area contributed by atoms with E-state index in [0.717, 1.165) is 6.07 Å². The van der Waals surface area contributed by atoms with Gasteiger partial charge in [-0.15, -0.1) is 12.4 Å². The molecular formula is C12H11ClF3NS. The van der Waals surface area contributed by atoms with Crippen molar-refractivity contribution < 1.29 is 13.2 Å². The molecule has 98 valence electrons. The van der Waals surface area contributed by atoms with Crippen molar-refractivity contribution in [3.63, 3.8) is 0 Å². The molecule has 2 aromatic rings. The maximum Gasteiger partial charge on any atom is 0.416 e. The summed E-state index contributed by atoms with van der Waals surface area (Å²) >= 11 is 1.41. The van der Waals surface area contributed by atoms with E-state index in [-0.39, 0.29) is 18.0 Å². The highest BCUT2D eigenvalue weighted by molar-refractivity contribution is 7.08. The van der Waals surface area contributed by atoms with Crippen molar-refractivity contribution >= 4 is 23.7 Å². The van der Waals surface area contributed by atoms with Crippen LogP contribution in [0.2, 0.25) is 0 Å². The minimum atomic E-state index is -4.37. The Morgan fingerprint density at radius 2 is 1.78 bits per heavy atom. The molecule has 0 saturated carbocycles. The second-order valence-electron chi connectivity index (χ2n) is 3.62. The number of halogens is 4. The normalized spacial score (nSPS) is 12.9. The first-order valence-corrected chi connectivity index (χ1v) is 5.88. The van der Waals surface area contributed by atoms with Gasteiger partial charge in [0, 0.05) is 0 Å². The Labute approximate surface area is 113 Å². The van der Waals surface area contributed by atoms with Crippen LogP contribution in [-0.4, -0.2) is 0 Å². The van der Waals surface area contributed by atoms with Crippen molar-refractivity contribution in [2.75, 3.05) is 0 Å². The van der Waals surface area contributed by atoms with E-state index in [4.69, 9.17) is 5.73 Å². The van der Waals surface area contributed by atoms with Crippen LogP contribution in [0.4, 0.5) is 13.2 Å². The summed E-state index contributed by atoms with van der Waals surface area (Å²) in [4.78, 5) is 0. The van der Waals surface area contributed by atoms with E-state index in [2.05, 4.69) is 0 Å². The Balaban J connectivity index is 0.00000162. The number of thiophene rings is 1. The first-order valence-electron chi connectivity index (χ1n) is 4.94. The van der Waals surface area contributed by atoms with Crippen LogP contribution in [0.1, 0.15) is 22.7 Å². The molecule has 0 amide bonds. The van der Waals surface area contributed by atoms with E-state index in [1.54, 1.807) is 22.9 Å². The Hall–Kier alpha value is -1.04. The SMILES string of the molecule is Cl.N[C@H](c1ccsc1)c1ccccc1C(F)(F)F. The van der Waals surface area contributed by atoms with E-state index in [0.29, 0.717) is 5.56 Å². The van der Waals surface area contributed by atoms with Gasteiger partial charge in [0.05, 0.1) is 11.6 Å². The first-order chi connectivity index (χ1) is 8.00. The summed E-state index contributed by atoms with van der Waals surface area (Å²) in [5.41, 5.74) is 6.01. The average Bonchev–Trinajstić information content (AvgIpc) is 2.80. The molecule has 0 unspecified atom stereocenters. The Morgan fingerprint density at radius 3 is 2.33 bits per heavy atom. The van der Waals surface area contributed by atoms with Gasteiger partial charge in [0.2, 0.25) is 0 Å². The number of alkyl halides is 3. The molecule has 0 aliphatic heterocycles. The van der Waals surface area contributed by atoms with Crippen molar-refractivity contribution in [2.24, 2.45) is 5.73 Å². The monoisotopic (exact) mass is 293 g/mol. The smallest absolute Gasteiger partial charge is 0.320 e. The molecule has 1 aromatic carbocycles. The summed E-state index contributed by atoms with van der Waals surface area (Å²) in [6.07, 6.45) is -4.37. The van der Waals surface area contributed by atoms with E-state index in [9.17, 15) is 13.2 Å². The highest BCUT2D eigenvalue weighted by atomic mass is 35.5. The fraction of sp³-hybridized carbons (Fsp3) is 0.167. The fourth-order valence-corrected chi connectivity index (χ4v) is 2.35. The minimum Gasteiger partial charge on any atom is -0.320 e. The average molecular weight is 294 g/mol. The summed E-state index contributed by atoms with van der Waals surface area (Å²) in [6.45, 7) is 0. The highest BCUT2D eigenvalue weighted by Gasteiger charge is 2.34. The van der Waals surface area contributed by atoms with Crippen molar-refractivity contribution in [3.05, 3.63) is 57.8 Å². The zero-order valence-corrected chi connectivity index (χ0v) is 10.8. The van der Waals surface area contributed by atoms with Gasteiger partial charge in [0.1, 0.15) is 0 Å². The van der Waals surface area contributed by atoms with E-state index in [1.807, 2.05) is 0 Å². The number of hydrogen-bond acceptors (Lipinski definition) is 2. The second kappa shape index (κ2) is 5.73. The quantitative estimate of drug-likeness (QED) is 0.881. The van der Waals surface area contributed by atoms with Crippen molar-refractivity contribution in [3.8, 4) is 0 Å². The van der Waals surface area contributed by atoms with Crippen LogP contribution in [0.3, 0.4) is 0 Å². The molecule has 2 N–H and O–H groups in total. The van der Waals surface area contributed by atoms with Crippen molar-refractivity contribution in [1.82, 2.24) is 0 Å². The molecule has 0 fully saturated rings. The zero-order chi connectivity index (χ0) is 12.5. The van der Waals surface area contributed by atoms with Gasteiger partial charge in [0.25, 0.3) is 0 Å². The largest absolute Gasteiger partial charge is 0.416 e. The molecule has 6 heteroatoms. The van der Waals surface area contributed by atoms with Crippen LogP contribution in [0, 0.1) is 0 Å². The molecule has 0 spiro atoms. The summed E-state index contributed by atoms with van der Waals surface area (Å²) in [7, 11) is 0. The zero-order valence-electron chi connectivity index (χ0n) is 9.15. The van der Waals surface area contributed by atoms with Gasteiger partial charge in [-0.25, -0.2) is 0 Å². The molecule has 1 aromatic heterocycles. The van der Waals surface area contributed by atoms with Gasteiger partial charge in [-0.1, -0.05) is 18.2 Å². The highest BCUT2D eigenvalue weighted by Crippen LogP contribution is 2.35. The van der Waals surface area contributed by atoms with Crippen LogP contribution < -0.4 is 5.73 Å². The number of rotatable bonds is 2. The summed E-state index contributed by atoms with van der Waals surface area (Å²) in [5.74, 6) is 0. The third-order valence-electron chi connectivity index (χ3n) is 2.50. The predicted molar refractivity (Wildman–Crippen MR) is 69.0 cm³/mol. The van der Waals surface area contributed by atoms with Crippen LogP contribution >= 0.6 is 23.7 Å². The lowest BCUT2D eigenvalue weighted by Gasteiger charge is -2.17. The molecule has 18 heavy (non-hydrogen) atoms. The van der Waals surface area contributed by atoms with Crippen LogP contribution in [-0.2, 0) is 6.18 Å². The minimum absolute atomic E-state index is 0. The van der Waals surface area contributed by atoms with E-state index >= 15 is 0 Å². The van der Waals surface area contributed by atoms with Gasteiger partial charge in [-0.2, -0.15) is 24.5 Å². The molecule has 1 nitrogen and oxygen atoms in total. The number of benzene rings is 1. The molecule has 0 radical (unpaired) electrons. The van der Waals surface area contributed by atoms with Gasteiger partial charge < -0.3 is 5.73 Å². The second-order valence-corrected chi connectivity index (χ2v) is 4.40. The molecule has 1 atom stereocenters. The molecule has 0 aliphatic rings. The molecular weight excluding hydrogens is 283 g/mol. The predicted octanol–water partition coefficient (Wildman–Crippen LogP) is 4.24. The topological polar surface area (TPSA) is 26.0 Å². The number of hydrogen-bond donors (Lipinski definition) is 1. The Kier molecular flexibility index (Phi) is 4.78. The van der Waals surface area contributed by atoms with Crippen LogP contribution in [0.15, 0.2) is 41.1 Å². The lowest BCUT2D eigenvalue weighted by molar-refractivity contribution is -0.138. The lowest BCUT2D eigenvalue weighted by Crippen LogP contribution is -2.17. The molecule has 0 bridgehead atoms. The third-order valence-corrected chi connectivity index (χ3v) is 3.21.